The second-order valence-electron chi connectivity index (χ2n) is 9.29. The van der Waals surface area contributed by atoms with Gasteiger partial charge in [-0.15, -0.1) is 0 Å². The number of hydrogen-bond donors (Lipinski definition) is 1. The molecule has 1 aliphatic rings. The number of nitrogens with one attached hydrogen (secondary N) is 1. The summed E-state index contributed by atoms with van der Waals surface area (Å²) in [5, 5.41) is 3.04. The van der Waals surface area contributed by atoms with Crippen LogP contribution in [0.25, 0.3) is 0 Å². The number of carbonyl (C=O) groups is 2. The summed E-state index contributed by atoms with van der Waals surface area (Å²) in [5.41, 5.74) is 1.22. The van der Waals surface area contributed by atoms with Crippen LogP contribution in [0.1, 0.15) is 49.5 Å². The van der Waals surface area contributed by atoms with E-state index in [1.54, 1.807) is 17.0 Å². The molecule has 2 aromatic carbocycles. The summed E-state index contributed by atoms with van der Waals surface area (Å²) in [4.78, 5) is 27.5. The molecule has 7 nitrogen and oxygen atoms in total. The normalized spacial score (nSPS) is 14.5. The van der Waals surface area contributed by atoms with Crippen LogP contribution in [0, 0.1) is 5.92 Å². The Morgan fingerprint density at radius 1 is 1.00 bits per heavy atom. The molecule has 0 aliphatic carbocycles. The average molecular weight is 455 g/mol. The number of likely N-dealkylation sites (tertiary alicyclic amines) is 1. The van der Waals surface area contributed by atoms with Gasteiger partial charge in [-0.2, -0.15) is 0 Å². The predicted molar refractivity (Wildman–Crippen MR) is 127 cm³/mol. The third-order valence-corrected chi connectivity index (χ3v) is 5.58. The summed E-state index contributed by atoms with van der Waals surface area (Å²) in [6.07, 6.45) is 1.28. The minimum Gasteiger partial charge on any atom is -0.493 e. The van der Waals surface area contributed by atoms with E-state index in [1.807, 2.05) is 51.1 Å². The largest absolute Gasteiger partial charge is 0.493 e. The van der Waals surface area contributed by atoms with E-state index in [4.69, 9.17) is 14.2 Å². The van der Waals surface area contributed by atoms with Gasteiger partial charge in [0.2, 0.25) is 11.7 Å². The average Bonchev–Trinajstić information content (AvgIpc) is 2.81. The molecule has 1 saturated heterocycles. The quantitative estimate of drug-likeness (QED) is 0.683. The summed E-state index contributed by atoms with van der Waals surface area (Å²) < 4.78 is 17.0. The van der Waals surface area contributed by atoms with Gasteiger partial charge in [0.05, 0.1) is 14.2 Å². The Labute approximate surface area is 196 Å². The van der Waals surface area contributed by atoms with Crippen LogP contribution in [0.15, 0.2) is 42.5 Å². The summed E-state index contributed by atoms with van der Waals surface area (Å²) >= 11 is 0. The number of hydrogen-bond acceptors (Lipinski definition) is 5. The standard InChI is InChI=1S/C26H34N2O5/c1-26(2,3)27-24(29)19-11-13-28(14-12-19)25(30)20-15-21(31-4)23(22(16-20)32-5)33-17-18-9-7-6-8-10-18/h6-10,15-16,19H,11-14,17H2,1-5H3,(H,27,29). The molecule has 0 atom stereocenters. The lowest BCUT2D eigenvalue weighted by atomic mass is 9.94. The molecule has 1 aliphatic heterocycles. The molecule has 1 fully saturated rings. The molecule has 0 radical (unpaired) electrons. The van der Waals surface area contributed by atoms with Crippen molar-refractivity contribution in [1.82, 2.24) is 10.2 Å². The van der Waals surface area contributed by atoms with Gasteiger partial charge < -0.3 is 24.4 Å². The number of amides is 2. The Morgan fingerprint density at radius 3 is 2.09 bits per heavy atom. The fourth-order valence-electron chi connectivity index (χ4n) is 3.87. The first-order chi connectivity index (χ1) is 15.7. The third-order valence-electron chi connectivity index (χ3n) is 5.58. The van der Waals surface area contributed by atoms with E-state index in [-0.39, 0.29) is 23.3 Å². The highest BCUT2D eigenvalue weighted by atomic mass is 16.5. The first kappa shape index (κ1) is 24.4. The van der Waals surface area contributed by atoms with Gasteiger partial charge >= 0.3 is 0 Å². The second-order valence-corrected chi connectivity index (χ2v) is 9.29. The maximum Gasteiger partial charge on any atom is 0.254 e. The Morgan fingerprint density at radius 2 is 1.58 bits per heavy atom. The minimum atomic E-state index is -0.262. The highest BCUT2D eigenvalue weighted by Crippen LogP contribution is 2.39. The van der Waals surface area contributed by atoms with Crippen molar-refractivity contribution in [3.63, 3.8) is 0 Å². The lowest BCUT2D eigenvalue weighted by molar-refractivity contribution is -0.127. The first-order valence-electron chi connectivity index (χ1n) is 11.3. The van der Waals surface area contributed by atoms with Gasteiger partial charge in [-0.05, 0) is 51.3 Å². The molecule has 3 rings (SSSR count). The number of rotatable bonds is 7. The minimum absolute atomic E-state index is 0.0536. The maximum atomic E-state index is 13.2. The van der Waals surface area contributed by atoms with Crippen LogP contribution in [-0.4, -0.2) is 49.6 Å². The van der Waals surface area contributed by atoms with Crippen LogP contribution < -0.4 is 19.5 Å². The van der Waals surface area contributed by atoms with Crippen molar-refractivity contribution in [3.05, 3.63) is 53.6 Å². The van der Waals surface area contributed by atoms with Crippen molar-refractivity contribution in [2.45, 2.75) is 45.8 Å². The Balaban J connectivity index is 1.70. The summed E-state index contributed by atoms with van der Waals surface area (Å²) in [5.74, 6) is 1.19. The molecule has 0 bridgehead atoms. The fourth-order valence-corrected chi connectivity index (χ4v) is 3.87. The lowest BCUT2D eigenvalue weighted by Crippen LogP contribution is -2.47. The van der Waals surface area contributed by atoms with Gasteiger partial charge in [0.1, 0.15) is 6.61 Å². The Bertz CT molecular complexity index is 935. The van der Waals surface area contributed by atoms with Crippen LogP contribution >= 0.6 is 0 Å². The molecule has 1 heterocycles. The SMILES string of the molecule is COc1cc(C(=O)N2CCC(C(=O)NC(C)(C)C)CC2)cc(OC)c1OCc1ccccc1. The number of ether oxygens (including phenoxy) is 3. The molecule has 7 heteroatoms. The highest BCUT2D eigenvalue weighted by Gasteiger charge is 2.30. The zero-order chi connectivity index (χ0) is 24.0. The van der Waals surface area contributed by atoms with Gasteiger partial charge in [-0.25, -0.2) is 0 Å². The van der Waals surface area contributed by atoms with Gasteiger partial charge in [0.15, 0.2) is 11.5 Å². The molecule has 1 N–H and O–H groups in total. The van der Waals surface area contributed by atoms with E-state index in [0.29, 0.717) is 55.4 Å². The molecule has 0 aromatic heterocycles. The van der Waals surface area contributed by atoms with Gasteiger partial charge in [-0.1, -0.05) is 30.3 Å². The van der Waals surface area contributed by atoms with Crippen LogP contribution in [-0.2, 0) is 11.4 Å². The molecular formula is C26H34N2O5. The third kappa shape index (κ3) is 6.40. The Hall–Kier alpha value is -3.22. The maximum absolute atomic E-state index is 13.2. The van der Waals surface area contributed by atoms with Gasteiger partial charge in [0.25, 0.3) is 5.91 Å². The van der Waals surface area contributed by atoms with Crippen LogP contribution in [0.4, 0.5) is 0 Å². The summed E-state index contributed by atoms with van der Waals surface area (Å²) in [7, 11) is 3.08. The molecule has 33 heavy (non-hydrogen) atoms. The number of methoxy groups -OCH3 is 2. The zero-order valence-corrected chi connectivity index (χ0v) is 20.1. The second kappa shape index (κ2) is 10.6. The number of carbonyl (C=O) groups excluding carboxylic acids is 2. The molecule has 2 amide bonds. The number of nitrogens with zero attached hydrogens (tertiary/aromatic N) is 1. The van der Waals surface area contributed by atoms with Crippen LogP contribution in [0.2, 0.25) is 0 Å². The zero-order valence-electron chi connectivity index (χ0n) is 20.1. The number of piperidine rings is 1. The first-order valence-corrected chi connectivity index (χ1v) is 11.3. The molecule has 178 valence electrons. The van der Waals surface area contributed by atoms with E-state index in [0.717, 1.165) is 5.56 Å². The van der Waals surface area contributed by atoms with Gasteiger partial charge in [0, 0.05) is 30.1 Å². The van der Waals surface area contributed by atoms with E-state index in [1.165, 1.54) is 14.2 Å². The smallest absolute Gasteiger partial charge is 0.254 e. The van der Waals surface area contributed by atoms with Crippen LogP contribution in [0.5, 0.6) is 17.2 Å². The molecule has 0 saturated carbocycles. The van der Waals surface area contributed by atoms with E-state index < -0.39 is 0 Å². The molecule has 2 aromatic rings. The lowest BCUT2D eigenvalue weighted by Gasteiger charge is -2.33. The summed E-state index contributed by atoms with van der Waals surface area (Å²) in [6, 6.07) is 13.2. The van der Waals surface area contributed by atoms with Gasteiger partial charge in [-0.3, -0.25) is 9.59 Å². The summed E-state index contributed by atoms with van der Waals surface area (Å²) in [6.45, 7) is 7.31. The van der Waals surface area contributed by atoms with E-state index in [2.05, 4.69) is 5.32 Å². The predicted octanol–water partition coefficient (Wildman–Crippen LogP) is 4.05. The topological polar surface area (TPSA) is 77.1 Å². The van der Waals surface area contributed by atoms with Crippen molar-refractivity contribution >= 4 is 11.8 Å². The van der Waals surface area contributed by atoms with Crippen molar-refractivity contribution in [3.8, 4) is 17.2 Å². The Kier molecular flexibility index (Phi) is 7.84. The van der Waals surface area contributed by atoms with E-state index in [9.17, 15) is 9.59 Å². The van der Waals surface area contributed by atoms with Crippen molar-refractivity contribution in [1.29, 1.82) is 0 Å². The monoisotopic (exact) mass is 454 g/mol. The highest BCUT2D eigenvalue weighted by molar-refractivity contribution is 5.96. The van der Waals surface area contributed by atoms with Crippen molar-refractivity contribution < 1.29 is 23.8 Å². The fraction of sp³-hybridized carbons (Fsp3) is 0.462. The van der Waals surface area contributed by atoms with Crippen LogP contribution in [0.3, 0.4) is 0 Å². The molecule has 0 spiro atoms. The molecular weight excluding hydrogens is 420 g/mol. The molecule has 0 unspecified atom stereocenters. The van der Waals surface area contributed by atoms with E-state index >= 15 is 0 Å². The number of benzene rings is 2. The van der Waals surface area contributed by atoms with Crippen molar-refractivity contribution in [2.24, 2.45) is 5.92 Å². The van der Waals surface area contributed by atoms with Crippen molar-refractivity contribution in [2.75, 3.05) is 27.3 Å².